The van der Waals surface area contributed by atoms with Gasteiger partial charge in [0.25, 0.3) is 0 Å². The van der Waals surface area contributed by atoms with E-state index in [0.29, 0.717) is 5.56 Å². The largest absolute Gasteiger partial charge is 0.294 e. The molecule has 0 aromatic heterocycles. The van der Waals surface area contributed by atoms with Crippen molar-refractivity contribution < 1.29 is 9.18 Å². The molecule has 0 aliphatic rings. The molecule has 0 aliphatic carbocycles. The molecule has 0 bridgehead atoms. The van der Waals surface area contributed by atoms with E-state index in [4.69, 9.17) is 0 Å². The number of halogens is 1. The number of hydrogen-bond donors (Lipinski definition) is 0. The molecule has 0 saturated carbocycles. The van der Waals surface area contributed by atoms with E-state index in [1.807, 2.05) is 13.0 Å². The van der Waals surface area contributed by atoms with Gasteiger partial charge in [0, 0.05) is 18.2 Å². The fourth-order valence-electron chi connectivity index (χ4n) is 1.40. The fourth-order valence-corrected chi connectivity index (χ4v) is 1.40. The lowest BCUT2D eigenvalue weighted by molar-refractivity contribution is 0.0993. The summed E-state index contributed by atoms with van der Waals surface area (Å²) in [4.78, 5) is 15.5. The van der Waals surface area contributed by atoms with Gasteiger partial charge in [0.1, 0.15) is 5.82 Å². The van der Waals surface area contributed by atoms with Crippen molar-refractivity contribution in [1.29, 1.82) is 0 Å². The second kappa shape index (κ2) is 6.53. The average molecular weight is 231 g/mol. The number of hydrogen-bond acceptors (Lipinski definition) is 2. The summed E-state index contributed by atoms with van der Waals surface area (Å²) in [6, 6.07) is 5.51. The van der Waals surface area contributed by atoms with Crippen molar-refractivity contribution in [2.75, 3.05) is 0 Å². The van der Waals surface area contributed by atoms with Crippen LogP contribution in [0.4, 0.5) is 4.39 Å². The Morgan fingerprint density at radius 2 is 2.06 bits per heavy atom. The first-order valence-corrected chi connectivity index (χ1v) is 5.23. The fraction of sp³-hybridized carbons (Fsp3) is 0.143. The molecule has 1 aromatic rings. The zero-order chi connectivity index (χ0) is 12.7. The maximum absolute atomic E-state index is 12.7. The first-order chi connectivity index (χ1) is 8.17. The number of rotatable bonds is 5. The van der Waals surface area contributed by atoms with Crippen LogP contribution in [0, 0.1) is 5.82 Å². The van der Waals surface area contributed by atoms with Gasteiger partial charge in [-0.05, 0) is 43.5 Å². The van der Waals surface area contributed by atoms with Crippen LogP contribution >= 0.6 is 0 Å². The second-order valence-electron chi connectivity index (χ2n) is 3.49. The molecule has 0 radical (unpaired) electrons. The van der Waals surface area contributed by atoms with Crippen LogP contribution in [-0.4, -0.2) is 12.5 Å². The molecule has 2 nitrogen and oxygen atoms in total. The van der Waals surface area contributed by atoms with Crippen LogP contribution in [0.2, 0.25) is 0 Å². The molecule has 1 rings (SSSR count). The maximum Gasteiger partial charge on any atom is 0.167 e. The third kappa shape index (κ3) is 4.15. The van der Waals surface area contributed by atoms with Crippen LogP contribution in [0.3, 0.4) is 0 Å². The third-order valence-corrected chi connectivity index (χ3v) is 2.17. The van der Waals surface area contributed by atoms with E-state index >= 15 is 0 Å². The number of aliphatic imine (C=N–C) groups is 1. The Morgan fingerprint density at radius 1 is 1.41 bits per heavy atom. The molecule has 0 fully saturated rings. The van der Waals surface area contributed by atoms with Gasteiger partial charge in [-0.25, -0.2) is 4.39 Å². The Bertz CT molecular complexity index is 458. The molecular weight excluding hydrogens is 217 g/mol. The van der Waals surface area contributed by atoms with Crippen molar-refractivity contribution in [1.82, 2.24) is 0 Å². The average Bonchev–Trinajstić information content (AvgIpc) is 2.30. The van der Waals surface area contributed by atoms with Crippen molar-refractivity contribution in [3.05, 3.63) is 59.6 Å². The summed E-state index contributed by atoms with van der Waals surface area (Å²) in [5.74, 6) is -0.420. The van der Waals surface area contributed by atoms with E-state index < -0.39 is 0 Å². The minimum Gasteiger partial charge on any atom is -0.294 e. The summed E-state index contributed by atoms with van der Waals surface area (Å²) in [6.45, 7) is 5.21. The van der Waals surface area contributed by atoms with E-state index in [1.165, 1.54) is 24.3 Å². The summed E-state index contributed by atoms with van der Waals surface area (Å²) < 4.78 is 12.7. The minimum absolute atomic E-state index is 0.0713. The number of carbonyl (C=O) groups is 1. The van der Waals surface area contributed by atoms with Gasteiger partial charge in [0.2, 0.25) is 0 Å². The summed E-state index contributed by atoms with van der Waals surface area (Å²) in [7, 11) is 0. The van der Waals surface area contributed by atoms with E-state index in [2.05, 4.69) is 11.7 Å². The first-order valence-electron chi connectivity index (χ1n) is 5.23. The van der Waals surface area contributed by atoms with Gasteiger partial charge in [-0.15, -0.1) is 0 Å². The highest BCUT2D eigenvalue weighted by molar-refractivity contribution is 5.97. The minimum atomic E-state index is -0.349. The molecule has 3 heteroatoms. The van der Waals surface area contributed by atoms with Crippen LogP contribution < -0.4 is 0 Å². The van der Waals surface area contributed by atoms with Crippen LogP contribution in [0.1, 0.15) is 23.7 Å². The lowest BCUT2D eigenvalue weighted by atomic mass is 10.0. The highest BCUT2D eigenvalue weighted by atomic mass is 19.1. The predicted molar refractivity (Wildman–Crippen MR) is 67.8 cm³/mol. The summed E-state index contributed by atoms with van der Waals surface area (Å²) in [5, 5.41) is 0. The Hall–Kier alpha value is -2.03. The topological polar surface area (TPSA) is 29.4 Å². The summed E-state index contributed by atoms with van der Waals surface area (Å²) >= 11 is 0. The Labute approximate surface area is 100 Å². The standard InChI is InChI=1S/C14H14FNO/c1-3-4-11(10-16-2)9-14(17)12-5-7-13(15)8-6-12/h3-8,10H,2,9H2,1H3/b4-3-,11-10+. The third-order valence-electron chi connectivity index (χ3n) is 2.17. The molecule has 1 aromatic carbocycles. The van der Waals surface area contributed by atoms with Crippen molar-refractivity contribution >= 4 is 12.5 Å². The molecule has 0 aliphatic heterocycles. The number of allylic oxidation sites excluding steroid dienone is 3. The van der Waals surface area contributed by atoms with Crippen LogP contribution in [-0.2, 0) is 0 Å². The number of benzene rings is 1. The molecule has 0 saturated heterocycles. The molecule has 0 N–H and O–H groups in total. The molecular formula is C14H14FNO. The first kappa shape index (κ1) is 13.0. The van der Waals surface area contributed by atoms with E-state index in [0.717, 1.165) is 5.57 Å². The van der Waals surface area contributed by atoms with Gasteiger partial charge in [0.15, 0.2) is 5.78 Å². The summed E-state index contributed by atoms with van der Waals surface area (Å²) in [5.41, 5.74) is 1.27. The van der Waals surface area contributed by atoms with E-state index in [1.54, 1.807) is 12.3 Å². The smallest absolute Gasteiger partial charge is 0.167 e. The maximum atomic E-state index is 12.7. The Morgan fingerprint density at radius 3 is 2.59 bits per heavy atom. The van der Waals surface area contributed by atoms with Crippen LogP contribution in [0.5, 0.6) is 0 Å². The molecule has 0 spiro atoms. The van der Waals surface area contributed by atoms with Crippen molar-refractivity contribution in [3.63, 3.8) is 0 Å². The van der Waals surface area contributed by atoms with Gasteiger partial charge in [0.05, 0.1) is 0 Å². The lowest BCUT2D eigenvalue weighted by Gasteiger charge is -2.01. The van der Waals surface area contributed by atoms with E-state index in [-0.39, 0.29) is 18.0 Å². The molecule has 17 heavy (non-hydrogen) atoms. The lowest BCUT2D eigenvalue weighted by Crippen LogP contribution is -2.00. The van der Waals surface area contributed by atoms with Crippen LogP contribution in [0.25, 0.3) is 0 Å². The van der Waals surface area contributed by atoms with Crippen molar-refractivity contribution in [2.45, 2.75) is 13.3 Å². The van der Waals surface area contributed by atoms with Gasteiger partial charge < -0.3 is 0 Å². The molecule has 0 unspecified atom stereocenters. The van der Waals surface area contributed by atoms with Gasteiger partial charge in [-0.1, -0.05) is 12.2 Å². The number of ketones is 1. The summed E-state index contributed by atoms with van der Waals surface area (Å²) in [6.07, 6.45) is 5.40. The normalized spacial score (nSPS) is 11.8. The molecule has 0 amide bonds. The van der Waals surface area contributed by atoms with Crippen LogP contribution in [0.15, 0.2) is 53.2 Å². The second-order valence-corrected chi connectivity index (χ2v) is 3.49. The highest BCUT2D eigenvalue weighted by Gasteiger charge is 2.07. The Kier molecular flexibility index (Phi) is 5.01. The van der Waals surface area contributed by atoms with Gasteiger partial charge in [-0.3, -0.25) is 9.79 Å². The SMILES string of the molecule is C=N/C=C(\C=C/C)CC(=O)c1ccc(F)cc1. The van der Waals surface area contributed by atoms with Crippen molar-refractivity contribution in [2.24, 2.45) is 4.99 Å². The zero-order valence-electron chi connectivity index (χ0n) is 9.69. The van der Waals surface area contributed by atoms with Gasteiger partial charge in [-0.2, -0.15) is 0 Å². The van der Waals surface area contributed by atoms with E-state index in [9.17, 15) is 9.18 Å². The monoisotopic (exact) mass is 231 g/mol. The molecule has 88 valence electrons. The zero-order valence-corrected chi connectivity index (χ0v) is 9.69. The quantitative estimate of drug-likeness (QED) is 0.433. The van der Waals surface area contributed by atoms with Crippen molar-refractivity contribution in [3.8, 4) is 0 Å². The number of carbonyl (C=O) groups excluding carboxylic acids is 1. The predicted octanol–water partition coefficient (Wildman–Crippen LogP) is 3.56. The number of Topliss-reactive ketones (excluding diaryl/α,β-unsaturated/α-hetero) is 1. The van der Waals surface area contributed by atoms with Gasteiger partial charge >= 0.3 is 0 Å². The Balaban J connectivity index is 2.80. The number of nitrogens with zero attached hydrogens (tertiary/aromatic N) is 1. The highest BCUT2D eigenvalue weighted by Crippen LogP contribution is 2.11. The molecule has 0 atom stereocenters. The molecule has 0 heterocycles.